The SMILES string of the molecule is Clc1ccc(C(=CC=C(c2ccccc2)c2ccccc2)c2ccc(Cl)cc2)cc1. The van der Waals surface area contributed by atoms with Crippen molar-refractivity contribution in [2.45, 2.75) is 0 Å². The molecule has 0 aliphatic heterocycles. The number of halogens is 2. The van der Waals surface area contributed by atoms with Gasteiger partial charge in [-0.05, 0) is 57.7 Å². The molecule has 0 aliphatic carbocycles. The average molecular weight is 427 g/mol. The van der Waals surface area contributed by atoms with Crippen molar-refractivity contribution < 1.29 is 0 Å². The molecular formula is C28H20Cl2. The van der Waals surface area contributed by atoms with Gasteiger partial charge >= 0.3 is 0 Å². The Balaban J connectivity index is 1.87. The molecule has 0 aliphatic rings. The van der Waals surface area contributed by atoms with E-state index >= 15 is 0 Å². The standard InChI is InChI=1S/C28H20Cl2/c29-25-15-11-23(12-16-25)28(24-13-17-26(30)18-14-24)20-19-27(21-7-3-1-4-8-21)22-9-5-2-6-10-22/h1-20H. The lowest BCUT2D eigenvalue weighted by molar-refractivity contribution is 1.53. The predicted octanol–water partition coefficient (Wildman–Crippen LogP) is 8.56. The molecule has 0 spiro atoms. The highest BCUT2D eigenvalue weighted by Crippen LogP contribution is 2.29. The van der Waals surface area contributed by atoms with Crippen LogP contribution in [0.15, 0.2) is 121 Å². The van der Waals surface area contributed by atoms with Gasteiger partial charge in [-0.1, -0.05) is 120 Å². The molecule has 0 saturated heterocycles. The van der Waals surface area contributed by atoms with E-state index in [0.29, 0.717) is 0 Å². The lowest BCUT2D eigenvalue weighted by Crippen LogP contribution is -1.90. The van der Waals surface area contributed by atoms with Crippen LogP contribution in [0.25, 0.3) is 11.1 Å². The molecule has 0 radical (unpaired) electrons. The molecule has 4 rings (SSSR count). The Kier molecular flexibility index (Phi) is 6.49. The Morgan fingerprint density at radius 1 is 0.400 bits per heavy atom. The first-order valence-corrected chi connectivity index (χ1v) is 10.5. The Morgan fingerprint density at radius 3 is 1.03 bits per heavy atom. The van der Waals surface area contributed by atoms with E-state index in [4.69, 9.17) is 23.2 Å². The highest BCUT2D eigenvalue weighted by molar-refractivity contribution is 6.31. The smallest absolute Gasteiger partial charge is 0.0406 e. The number of allylic oxidation sites excluding steroid dienone is 2. The highest BCUT2D eigenvalue weighted by atomic mass is 35.5. The molecule has 0 heterocycles. The van der Waals surface area contributed by atoms with Crippen molar-refractivity contribution in [3.63, 3.8) is 0 Å². The normalized spacial score (nSPS) is 10.3. The number of hydrogen-bond donors (Lipinski definition) is 0. The van der Waals surface area contributed by atoms with Gasteiger partial charge in [0.25, 0.3) is 0 Å². The minimum atomic E-state index is 0.721. The van der Waals surface area contributed by atoms with Crippen LogP contribution in [-0.4, -0.2) is 0 Å². The maximum atomic E-state index is 6.12. The maximum absolute atomic E-state index is 6.12. The van der Waals surface area contributed by atoms with Gasteiger partial charge in [0.2, 0.25) is 0 Å². The summed E-state index contributed by atoms with van der Waals surface area (Å²) in [4.78, 5) is 0. The van der Waals surface area contributed by atoms with Crippen LogP contribution in [-0.2, 0) is 0 Å². The van der Waals surface area contributed by atoms with E-state index < -0.39 is 0 Å². The zero-order valence-corrected chi connectivity index (χ0v) is 17.8. The van der Waals surface area contributed by atoms with Gasteiger partial charge < -0.3 is 0 Å². The van der Waals surface area contributed by atoms with E-state index in [1.807, 2.05) is 60.7 Å². The van der Waals surface area contributed by atoms with Gasteiger partial charge in [0, 0.05) is 10.0 Å². The fraction of sp³-hybridized carbons (Fsp3) is 0. The lowest BCUT2D eigenvalue weighted by Gasteiger charge is -2.11. The second-order valence-electron chi connectivity index (χ2n) is 6.91. The summed E-state index contributed by atoms with van der Waals surface area (Å²) in [6, 6.07) is 36.7. The van der Waals surface area contributed by atoms with Crippen molar-refractivity contribution in [3.8, 4) is 0 Å². The summed E-state index contributed by atoms with van der Waals surface area (Å²) in [6.07, 6.45) is 4.35. The third-order valence-corrected chi connectivity index (χ3v) is 5.40. The second-order valence-corrected chi connectivity index (χ2v) is 7.78. The molecule has 0 aromatic heterocycles. The molecule has 146 valence electrons. The molecule has 4 aromatic rings. The molecule has 0 fully saturated rings. The molecule has 0 saturated carbocycles. The lowest BCUT2D eigenvalue weighted by atomic mass is 9.94. The summed E-state index contributed by atoms with van der Waals surface area (Å²) in [6.45, 7) is 0. The van der Waals surface area contributed by atoms with E-state index in [2.05, 4.69) is 60.7 Å². The monoisotopic (exact) mass is 426 g/mol. The van der Waals surface area contributed by atoms with Gasteiger partial charge in [-0.15, -0.1) is 0 Å². The van der Waals surface area contributed by atoms with Crippen molar-refractivity contribution in [1.82, 2.24) is 0 Å². The summed E-state index contributed by atoms with van der Waals surface area (Å²) in [5.74, 6) is 0. The molecule has 0 nitrogen and oxygen atoms in total. The molecule has 0 amide bonds. The Morgan fingerprint density at radius 2 is 0.700 bits per heavy atom. The molecule has 30 heavy (non-hydrogen) atoms. The number of benzene rings is 4. The van der Waals surface area contributed by atoms with Crippen LogP contribution in [0, 0.1) is 0 Å². The van der Waals surface area contributed by atoms with Gasteiger partial charge in [0.1, 0.15) is 0 Å². The Labute approximate surface area is 187 Å². The minimum Gasteiger partial charge on any atom is -0.0843 e. The van der Waals surface area contributed by atoms with Gasteiger partial charge in [-0.3, -0.25) is 0 Å². The Hall–Kier alpha value is -3.06. The molecule has 0 unspecified atom stereocenters. The van der Waals surface area contributed by atoms with Crippen LogP contribution in [0.5, 0.6) is 0 Å². The highest BCUT2D eigenvalue weighted by Gasteiger charge is 2.07. The van der Waals surface area contributed by atoms with E-state index in [0.717, 1.165) is 32.3 Å². The summed E-state index contributed by atoms with van der Waals surface area (Å²) in [5.41, 5.74) is 6.80. The van der Waals surface area contributed by atoms with Crippen molar-refractivity contribution >= 4 is 34.3 Å². The van der Waals surface area contributed by atoms with Gasteiger partial charge in [0.05, 0.1) is 0 Å². The third-order valence-electron chi connectivity index (χ3n) is 4.90. The van der Waals surface area contributed by atoms with E-state index in [1.165, 1.54) is 11.1 Å². The molecular weight excluding hydrogens is 407 g/mol. The fourth-order valence-corrected chi connectivity index (χ4v) is 3.63. The minimum absolute atomic E-state index is 0.721. The summed E-state index contributed by atoms with van der Waals surface area (Å²) in [5, 5.41) is 1.44. The number of rotatable bonds is 5. The quantitative estimate of drug-likeness (QED) is 0.280. The second kappa shape index (κ2) is 9.63. The van der Waals surface area contributed by atoms with Crippen molar-refractivity contribution in [3.05, 3.63) is 154 Å². The predicted molar refractivity (Wildman–Crippen MR) is 130 cm³/mol. The number of hydrogen-bond acceptors (Lipinski definition) is 0. The van der Waals surface area contributed by atoms with Crippen LogP contribution < -0.4 is 0 Å². The third kappa shape index (κ3) is 4.91. The van der Waals surface area contributed by atoms with E-state index in [1.54, 1.807) is 0 Å². The molecule has 0 N–H and O–H groups in total. The van der Waals surface area contributed by atoms with Crippen molar-refractivity contribution in [2.24, 2.45) is 0 Å². The van der Waals surface area contributed by atoms with Crippen LogP contribution in [0.4, 0.5) is 0 Å². The van der Waals surface area contributed by atoms with Crippen molar-refractivity contribution in [2.75, 3.05) is 0 Å². The summed E-state index contributed by atoms with van der Waals surface area (Å²) in [7, 11) is 0. The summed E-state index contributed by atoms with van der Waals surface area (Å²) < 4.78 is 0. The van der Waals surface area contributed by atoms with Crippen molar-refractivity contribution in [1.29, 1.82) is 0 Å². The van der Waals surface area contributed by atoms with Gasteiger partial charge in [-0.25, -0.2) is 0 Å². The first kappa shape index (κ1) is 20.2. The average Bonchev–Trinajstić information content (AvgIpc) is 2.80. The maximum Gasteiger partial charge on any atom is 0.0406 e. The zero-order valence-electron chi connectivity index (χ0n) is 16.3. The van der Waals surface area contributed by atoms with Crippen LogP contribution in [0.2, 0.25) is 10.0 Å². The van der Waals surface area contributed by atoms with Crippen LogP contribution in [0.1, 0.15) is 22.3 Å². The van der Waals surface area contributed by atoms with Gasteiger partial charge in [-0.2, -0.15) is 0 Å². The fourth-order valence-electron chi connectivity index (χ4n) is 3.38. The van der Waals surface area contributed by atoms with Crippen LogP contribution >= 0.6 is 23.2 Å². The first-order valence-electron chi connectivity index (χ1n) is 9.75. The Bertz CT molecular complexity index is 1070. The van der Waals surface area contributed by atoms with Gasteiger partial charge in [0.15, 0.2) is 0 Å². The zero-order chi connectivity index (χ0) is 20.8. The topological polar surface area (TPSA) is 0 Å². The molecule has 0 atom stereocenters. The molecule has 2 heteroatoms. The first-order chi connectivity index (χ1) is 14.7. The summed E-state index contributed by atoms with van der Waals surface area (Å²) >= 11 is 12.2. The van der Waals surface area contributed by atoms with E-state index in [9.17, 15) is 0 Å². The largest absolute Gasteiger partial charge is 0.0843 e. The van der Waals surface area contributed by atoms with E-state index in [-0.39, 0.29) is 0 Å². The molecule has 0 bridgehead atoms. The van der Waals surface area contributed by atoms with Crippen LogP contribution in [0.3, 0.4) is 0 Å². The molecule has 4 aromatic carbocycles.